The Balaban J connectivity index is 1.64. The first-order valence-corrected chi connectivity index (χ1v) is 11.3. The van der Waals surface area contributed by atoms with Gasteiger partial charge in [0.1, 0.15) is 11.4 Å². The topological polar surface area (TPSA) is 58.2 Å². The standard InChI is InChI=1S/C24H24BrN3O2/c1-30-19-12-10-15(11-13-19)21-20-22(27-26-21)24(29)28(18-8-3-2-4-9-18)23(20)16-6-5-7-17(25)14-16/h5-7,10-14,18,23H,2-4,8-9H2,1H3,(H,26,27). The first-order valence-electron chi connectivity index (χ1n) is 10.5. The molecule has 5 nitrogen and oxygen atoms in total. The molecular formula is C24H24BrN3O2. The summed E-state index contributed by atoms with van der Waals surface area (Å²) < 4.78 is 6.31. The minimum absolute atomic E-state index is 0.0640. The lowest BCUT2D eigenvalue weighted by molar-refractivity contribution is 0.0606. The fourth-order valence-corrected chi connectivity index (χ4v) is 5.29. The first kappa shape index (κ1) is 19.4. The second-order valence-electron chi connectivity index (χ2n) is 8.05. The van der Waals surface area contributed by atoms with Gasteiger partial charge in [-0.05, 0) is 54.8 Å². The molecule has 1 aliphatic carbocycles. The van der Waals surface area contributed by atoms with Gasteiger partial charge in [-0.2, -0.15) is 5.10 Å². The van der Waals surface area contributed by atoms with E-state index in [0.29, 0.717) is 5.69 Å². The van der Waals surface area contributed by atoms with Gasteiger partial charge in [-0.1, -0.05) is 47.3 Å². The molecule has 0 radical (unpaired) electrons. The van der Waals surface area contributed by atoms with Crippen molar-refractivity contribution in [1.82, 2.24) is 15.1 Å². The summed E-state index contributed by atoms with van der Waals surface area (Å²) in [7, 11) is 1.66. The van der Waals surface area contributed by atoms with Gasteiger partial charge in [0, 0.05) is 21.6 Å². The predicted molar refractivity (Wildman–Crippen MR) is 120 cm³/mol. The van der Waals surface area contributed by atoms with E-state index in [1.807, 2.05) is 36.4 Å². The number of aromatic nitrogens is 2. The van der Waals surface area contributed by atoms with Gasteiger partial charge in [0.05, 0.1) is 18.8 Å². The summed E-state index contributed by atoms with van der Waals surface area (Å²) in [5.41, 5.74) is 4.53. The van der Waals surface area contributed by atoms with Crippen LogP contribution in [-0.2, 0) is 0 Å². The van der Waals surface area contributed by atoms with E-state index in [2.05, 4.69) is 43.2 Å². The fourth-order valence-electron chi connectivity index (χ4n) is 4.87. The lowest BCUT2D eigenvalue weighted by Gasteiger charge is -2.36. The van der Waals surface area contributed by atoms with Crippen molar-refractivity contribution in [3.05, 3.63) is 69.8 Å². The van der Waals surface area contributed by atoms with E-state index in [1.165, 1.54) is 19.3 Å². The van der Waals surface area contributed by atoms with Gasteiger partial charge in [-0.3, -0.25) is 9.89 Å². The van der Waals surface area contributed by atoms with Crippen molar-refractivity contribution in [3.8, 4) is 17.0 Å². The third-order valence-corrected chi connectivity index (χ3v) is 6.79. The molecule has 3 aromatic rings. The van der Waals surface area contributed by atoms with Crippen LogP contribution in [0.2, 0.25) is 0 Å². The van der Waals surface area contributed by atoms with Gasteiger partial charge < -0.3 is 9.64 Å². The van der Waals surface area contributed by atoms with Gasteiger partial charge in [0.15, 0.2) is 0 Å². The van der Waals surface area contributed by atoms with E-state index < -0.39 is 0 Å². The number of methoxy groups -OCH3 is 1. The third-order valence-electron chi connectivity index (χ3n) is 6.30. The smallest absolute Gasteiger partial charge is 0.273 e. The lowest BCUT2D eigenvalue weighted by atomic mass is 9.91. The minimum atomic E-state index is -0.135. The van der Waals surface area contributed by atoms with Crippen LogP contribution < -0.4 is 4.74 Å². The second kappa shape index (κ2) is 7.91. The summed E-state index contributed by atoms with van der Waals surface area (Å²) in [5.74, 6) is 0.864. The zero-order chi connectivity index (χ0) is 20.7. The Labute approximate surface area is 184 Å². The number of fused-ring (bicyclic) bond motifs is 1. The molecule has 2 heterocycles. The SMILES string of the molecule is COc1ccc(-c2n[nH]c3c2C(c2cccc(Br)c2)N(C2CCCCC2)C3=O)cc1. The lowest BCUT2D eigenvalue weighted by Crippen LogP contribution is -2.40. The van der Waals surface area contributed by atoms with Crippen molar-refractivity contribution in [3.63, 3.8) is 0 Å². The summed E-state index contributed by atoms with van der Waals surface area (Å²) in [6.45, 7) is 0. The average Bonchev–Trinajstić information content (AvgIpc) is 3.33. The summed E-state index contributed by atoms with van der Waals surface area (Å²) in [5, 5.41) is 7.63. The third kappa shape index (κ3) is 3.23. The molecule has 2 aliphatic rings. The van der Waals surface area contributed by atoms with Gasteiger partial charge in [0.25, 0.3) is 5.91 Å². The van der Waals surface area contributed by atoms with Crippen LogP contribution in [0.25, 0.3) is 11.3 Å². The van der Waals surface area contributed by atoms with Gasteiger partial charge in [-0.15, -0.1) is 0 Å². The minimum Gasteiger partial charge on any atom is -0.497 e. The van der Waals surface area contributed by atoms with Crippen molar-refractivity contribution >= 4 is 21.8 Å². The Hall–Kier alpha value is -2.60. The number of aromatic amines is 1. The predicted octanol–water partition coefficient (Wildman–Crippen LogP) is 5.73. The number of nitrogens with zero attached hydrogens (tertiary/aromatic N) is 2. The summed E-state index contributed by atoms with van der Waals surface area (Å²) >= 11 is 3.61. The number of carbonyl (C=O) groups is 1. The quantitative estimate of drug-likeness (QED) is 0.535. The van der Waals surface area contributed by atoms with Crippen LogP contribution in [0.3, 0.4) is 0 Å². The fraction of sp³-hybridized carbons (Fsp3) is 0.333. The maximum absolute atomic E-state index is 13.5. The second-order valence-corrected chi connectivity index (χ2v) is 8.97. The Morgan fingerprint density at radius 3 is 2.57 bits per heavy atom. The van der Waals surface area contributed by atoms with Crippen molar-refractivity contribution in [2.24, 2.45) is 0 Å². The molecule has 1 unspecified atom stereocenters. The molecule has 1 saturated carbocycles. The van der Waals surface area contributed by atoms with Crippen LogP contribution >= 0.6 is 15.9 Å². The van der Waals surface area contributed by atoms with Crippen LogP contribution in [0, 0.1) is 0 Å². The van der Waals surface area contributed by atoms with Crippen LogP contribution in [0.15, 0.2) is 53.0 Å². The average molecular weight is 466 g/mol. The largest absolute Gasteiger partial charge is 0.497 e. The highest BCUT2D eigenvalue weighted by Gasteiger charge is 2.45. The number of benzene rings is 2. The van der Waals surface area contributed by atoms with Gasteiger partial charge >= 0.3 is 0 Å². The molecule has 1 N–H and O–H groups in total. The summed E-state index contributed by atoms with van der Waals surface area (Å²) in [4.78, 5) is 15.6. The van der Waals surface area contributed by atoms with Crippen molar-refractivity contribution in [1.29, 1.82) is 0 Å². The molecule has 5 rings (SSSR count). The van der Waals surface area contributed by atoms with Crippen LogP contribution in [0.5, 0.6) is 5.75 Å². The normalized spacial score (nSPS) is 19.2. The van der Waals surface area contributed by atoms with Gasteiger partial charge in [0.2, 0.25) is 0 Å². The van der Waals surface area contributed by atoms with Gasteiger partial charge in [-0.25, -0.2) is 0 Å². The number of nitrogens with one attached hydrogen (secondary N) is 1. The Kier molecular flexibility index (Phi) is 5.11. The Morgan fingerprint density at radius 1 is 1.10 bits per heavy atom. The van der Waals surface area contributed by atoms with E-state index in [1.54, 1.807) is 7.11 Å². The van der Waals surface area contributed by atoms with E-state index in [0.717, 1.165) is 45.4 Å². The molecule has 1 atom stereocenters. The van der Waals surface area contributed by atoms with E-state index in [-0.39, 0.29) is 18.0 Å². The van der Waals surface area contributed by atoms with Crippen molar-refractivity contribution in [2.75, 3.05) is 7.11 Å². The Bertz CT molecular complexity index is 1070. The number of hydrogen-bond acceptors (Lipinski definition) is 3. The molecule has 0 saturated heterocycles. The number of hydrogen-bond donors (Lipinski definition) is 1. The van der Waals surface area contributed by atoms with E-state index in [9.17, 15) is 4.79 Å². The molecule has 1 amide bonds. The molecule has 30 heavy (non-hydrogen) atoms. The maximum Gasteiger partial charge on any atom is 0.273 e. The summed E-state index contributed by atoms with van der Waals surface area (Å²) in [6, 6.07) is 16.3. The van der Waals surface area contributed by atoms with Crippen LogP contribution in [0.4, 0.5) is 0 Å². The summed E-state index contributed by atoms with van der Waals surface area (Å²) in [6.07, 6.45) is 5.73. The zero-order valence-electron chi connectivity index (χ0n) is 16.9. The molecule has 0 bridgehead atoms. The highest BCUT2D eigenvalue weighted by atomic mass is 79.9. The molecule has 1 aromatic heterocycles. The maximum atomic E-state index is 13.5. The molecule has 1 aliphatic heterocycles. The number of amides is 1. The number of halogens is 1. The zero-order valence-corrected chi connectivity index (χ0v) is 18.5. The molecule has 2 aromatic carbocycles. The molecule has 6 heteroatoms. The molecular weight excluding hydrogens is 442 g/mol. The van der Waals surface area contributed by atoms with E-state index >= 15 is 0 Å². The van der Waals surface area contributed by atoms with E-state index in [4.69, 9.17) is 4.74 Å². The molecule has 0 spiro atoms. The van der Waals surface area contributed by atoms with Crippen LogP contribution in [-0.4, -0.2) is 34.2 Å². The highest BCUT2D eigenvalue weighted by Crippen LogP contribution is 2.46. The first-order chi connectivity index (χ1) is 14.7. The van der Waals surface area contributed by atoms with Crippen LogP contribution in [0.1, 0.15) is 59.8 Å². The number of H-pyrrole nitrogens is 1. The monoisotopic (exact) mass is 465 g/mol. The highest BCUT2D eigenvalue weighted by molar-refractivity contribution is 9.10. The number of ether oxygens (including phenoxy) is 1. The van der Waals surface area contributed by atoms with Crippen molar-refractivity contribution in [2.45, 2.75) is 44.2 Å². The van der Waals surface area contributed by atoms with Crippen molar-refractivity contribution < 1.29 is 9.53 Å². The molecule has 154 valence electrons. The Morgan fingerprint density at radius 2 is 1.87 bits per heavy atom. The number of rotatable bonds is 4. The number of carbonyl (C=O) groups excluding carboxylic acids is 1. The molecule has 1 fully saturated rings.